The number of nitrogens with zero attached hydrogens (tertiary/aromatic N) is 4. The van der Waals surface area contributed by atoms with Crippen LogP contribution in [0.1, 0.15) is 29.1 Å². The lowest BCUT2D eigenvalue weighted by Crippen LogP contribution is -2.36. The van der Waals surface area contributed by atoms with Crippen molar-refractivity contribution in [3.05, 3.63) is 46.2 Å². The van der Waals surface area contributed by atoms with Crippen LogP contribution in [0.4, 0.5) is 0 Å². The summed E-state index contributed by atoms with van der Waals surface area (Å²) in [6, 6.07) is 4.11. The van der Waals surface area contributed by atoms with E-state index in [9.17, 15) is 4.79 Å². The molecule has 0 aromatic carbocycles. The van der Waals surface area contributed by atoms with Gasteiger partial charge >= 0.3 is 0 Å². The molecule has 1 amide bonds. The standard InChI is InChI=1S/C18H22N4OS/c1-14-20-16(12-24-14)11-22-9-5-18(17(22)23)4-8-21(13-18)10-15-2-6-19-7-3-15/h2-3,6-7,12H,4-5,8-11,13H2,1H3. The van der Waals surface area contributed by atoms with Crippen LogP contribution in [-0.4, -0.2) is 45.3 Å². The third-order valence-corrected chi connectivity index (χ3v) is 6.03. The number of amides is 1. The molecule has 2 aliphatic rings. The normalized spacial score (nSPS) is 24.4. The second kappa shape index (κ2) is 6.26. The molecule has 2 aromatic heterocycles. The zero-order chi connectivity index (χ0) is 16.6. The van der Waals surface area contributed by atoms with Crippen LogP contribution in [0, 0.1) is 12.3 Å². The van der Waals surface area contributed by atoms with Crippen LogP contribution in [0.3, 0.4) is 0 Å². The van der Waals surface area contributed by atoms with E-state index in [0.29, 0.717) is 12.5 Å². The topological polar surface area (TPSA) is 49.3 Å². The number of hydrogen-bond donors (Lipinski definition) is 0. The van der Waals surface area contributed by atoms with Crippen LogP contribution < -0.4 is 0 Å². The maximum absolute atomic E-state index is 13.0. The average Bonchev–Trinajstić information content (AvgIpc) is 3.26. The smallest absolute Gasteiger partial charge is 0.230 e. The van der Waals surface area contributed by atoms with E-state index in [1.807, 2.05) is 24.2 Å². The molecule has 2 aromatic rings. The first-order valence-corrected chi connectivity index (χ1v) is 9.34. The first-order valence-electron chi connectivity index (χ1n) is 8.46. The van der Waals surface area contributed by atoms with Crippen molar-refractivity contribution in [2.45, 2.75) is 32.9 Å². The van der Waals surface area contributed by atoms with E-state index >= 15 is 0 Å². The second-order valence-electron chi connectivity index (χ2n) is 6.93. The van der Waals surface area contributed by atoms with Gasteiger partial charge in [-0.3, -0.25) is 14.7 Å². The predicted octanol–water partition coefficient (Wildman–Crippen LogP) is 2.47. The zero-order valence-corrected chi connectivity index (χ0v) is 14.8. The molecule has 5 nitrogen and oxygen atoms in total. The third kappa shape index (κ3) is 2.96. The van der Waals surface area contributed by atoms with Gasteiger partial charge in [0.25, 0.3) is 0 Å². The third-order valence-electron chi connectivity index (χ3n) is 5.21. The van der Waals surface area contributed by atoms with Crippen molar-refractivity contribution in [1.29, 1.82) is 0 Å². The number of likely N-dealkylation sites (tertiary alicyclic amines) is 2. The minimum Gasteiger partial charge on any atom is -0.336 e. The fraction of sp³-hybridized carbons (Fsp3) is 0.500. The van der Waals surface area contributed by atoms with E-state index in [2.05, 4.69) is 32.4 Å². The number of carbonyl (C=O) groups excluding carboxylic acids is 1. The second-order valence-corrected chi connectivity index (χ2v) is 7.99. The molecule has 126 valence electrons. The van der Waals surface area contributed by atoms with E-state index in [0.717, 1.165) is 49.7 Å². The zero-order valence-electron chi connectivity index (χ0n) is 13.9. The van der Waals surface area contributed by atoms with Gasteiger partial charge in [-0.1, -0.05) is 0 Å². The van der Waals surface area contributed by atoms with Gasteiger partial charge in [0.15, 0.2) is 0 Å². The van der Waals surface area contributed by atoms with Gasteiger partial charge in [0, 0.05) is 37.4 Å². The number of carbonyl (C=O) groups is 1. The van der Waals surface area contributed by atoms with Gasteiger partial charge in [-0.05, 0) is 44.0 Å². The van der Waals surface area contributed by atoms with Crippen LogP contribution in [0.2, 0.25) is 0 Å². The fourth-order valence-corrected chi connectivity index (χ4v) is 4.54. The number of hydrogen-bond acceptors (Lipinski definition) is 5. The highest BCUT2D eigenvalue weighted by molar-refractivity contribution is 7.09. The van der Waals surface area contributed by atoms with Crippen molar-refractivity contribution in [3.8, 4) is 0 Å². The summed E-state index contributed by atoms with van der Waals surface area (Å²) >= 11 is 1.65. The van der Waals surface area contributed by atoms with Crippen LogP contribution in [-0.2, 0) is 17.9 Å². The van der Waals surface area contributed by atoms with E-state index in [-0.39, 0.29) is 5.41 Å². The van der Waals surface area contributed by atoms with Crippen LogP contribution in [0.5, 0.6) is 0 Å². The monoisotopic (exact) mass is 342 g/mol. The number of aryl methyl sites for hydroxylation is 1. The number of aromatic nitrogens is 2. The highest BCUT2D eigenvalue weighted by Gasteiger charge is 2.50. The van der Waals surface area contributed by atoms with Gasteiger partial charge < -0.3 is 4.90 Å². The van der Waals surface area contributed by atoms with Crippen molar-refractivity contribution in [1.82, 2.24) is 19.8 Å². The summed E-state index contributed by atoms with van der Waals surface area (Å²) in [6.07, 6.45) is 5.62. The summed E-state index contributed by atoms with van der Waals surface area (Å²) in [7, 11) is 0. The Labute approximate surface area is 146 Å². The molecule has 2 fully saturated rings. The lowest BCUT2D eigenvalue weighted by Gasteiger charge is -2.23. The van der Waals surface area contributed by atoms with Gasteiger partial charge in [-0.25, -0.2) is 4.98 Å². The number of pyridine rings is 1. The van der Waals surface area contributed by atoms with E-state index in [1.165, 1.54) is 5.56 Å². The lowest BCUT2D eigenvalue weighted by atomic mass is 9.85. The fourth-order valence-electron chi connectivity index (χ4n) is 3.94. The minimum absolute atomic E-state index is 0.169. The Morgan fingerprint density at radius 1 is 1.21 bits per heavy atom. The molecule has 24 heavy (non-hydrogen) atoms. The highest BCUT2D eigenvalue weighted by atomic mass is 32.1. The molecule has 1 atom stereocenters. The van der Waals surface area contributed by atoms with Crippen molar-refractivity contribution in [2.75, 3.05) is 19.6 Å². The van der Waals surface area contributed by atoms with Gasteiger partial charge in [0.1, 0.15) is 0 Å². The van der Waals surface area contributed by atoms with Gasteiger partial charge in [0.2, 0.25) is 5.91 Å². The first-order chi connectivity index (χ1) is 11.6. The summed E-state index contributed by atoms with van der Waals surface area (Å²) in [4.78, 5) is 26.0. The van der Waals surface area contributed by atoms with E-state index in [1.54, 1.807) is 11.3 Å². The Morgan fingerprint density at radius 2 is 2.00 bits per heavy atom. The van der Waals surface area contributed by atoms with Crippen molar-refractivity contribution < 1.29 is 4.79 Å². The summed E-state index contributed by atoms with van der Waals surface area (Å²) in [5, 5.41) is 3.13. The molecule has 0 aliphatic carbocycles. The Balaban J connectivity index is 1.40. The molecule has 4 heterocycles. The van der Waals surface area contributed by atoms with E-state index in [4.69, 9.17) is 0 Å². The maximum atomic E-state index is 13.0. The Kier molecular flexibility index (Phi) is 4.10. The molecule has 0 radical (unpaired) electrons. The van der Waals surface area contributed by atoms with Crippen LogP contribution in [0.25, 0.3) is 0 Å². The van der Waals surface area contributed by atoms with Crippen LogP contribution >= 0.6 is 11.3 Å². The van der Waals surface area contributed by atoms with Crippen molar-refractivity contribution in [3.63, 3.8) is 0 Å². The van der Waals surface area contributed by atoms with E-state index < -0.39 is 0 Å². The van der Waals surface area contributed by atoms with Gasteiger partial charge in [0.05, 0.1) is 22.7 Å². The predicted molar refractivity (Wildman–Crippen MR) is 93.4 cm³/mol. The summed E-state index contributed by atoms with van der Waals surface area (Å²) < 4.78 is 0. The molecule has 0 saturated carbocycles. The maximum Gasteiger partial charge on any atom is 0.230 e. The number of thiazole rings is 1. The molecule has 6 heteroatoms. The Bertz CT molecular complexity index is 732. The molecular weight excluding hydrogens is 320 g/mol. The number of rotatable bonds is 4. The molecule has 2 saturated heterocycles. The molecule has 1 unspecified atom stereocenters. The van der Waals surface area contributed by atoms with Crippen molar-refractivity contribution in [2.24, 2.45) is 5.41 Å². The largest absolute Gasteiger partial charge is 0.336 e. The molecule has 1 spiro atoms. The lowest BCUT2D eigenvalue weighted by molar-refractivity contribution is -0.136. The minimum atomic E-state index is -0.169. The summed E-state index contributed by atoms with van der Waals surface area (Å²) in [5.41, 5.74) is 2.12. The molecule has 0 bridgehead atoms. The average molecular weight is 342 g/mol. The molecule has 0 N–H and O–H groups in total. The first kappa shape index (κ1) is 15.7. The van der Waals surface area contributed by atoms with Crippen LogP contribution in [0.15, 0.2) is 29.9 Å². The highest BCUT2D eigenvalue weighted by Crippen LogP contribution is 2.41. The Morgan fingerprint density at radius 3 is 2.75 bits per heavy atom. The van der Waals surface area contributed by atoms with Gasteiger partial charge in [-0.2, -0.15) is 0 Å². The molecule has 4 rings (SSSR count). The molecular formula is C18H22N4OS. The van der Waals surface area contributed by atoms with Crippen molar-refractivity contribution >= 4 is 17.2 Å². The summed E-state index contributed by atoms with van der Waals surface area (Å²) in [5.74, 6) is 0.324. The van der Waals surface area contributed by atoms with Gasteiger partial charge in [-0.15, -0.1) is 11.3 Å². The Hall–Kier alpha value is -1.79. The summed E-state index contributed by atoms with van der Waals surface area (Å²) in [6.45, 7) is 6.31. The molecule has 2 aliphatic heterocycles. The SMILES string of the molecule is Cc1nc(CN2CCC3(CCN(Cc4ccncc4)C3)C2=O)cs1. The quantitative estimate of drug-likeness (QED) is 0.856.